The van der Waals surface area contributed by atoms with Crippen LogP contribution in [0.15, 0.2) is 17.2 Å². The minimum Gasteiger partial charge on any atom is -0.493 e. The van der Waals surface area contributed by atoms with E-state index in [0.29, 0.717) is 23.0 Å². The van der Waals surface area contributed by atoms with Crippen molar-refractivity contribution < 1.29 is 23.8 Å². The molecule has 0 aliphatic carbocycles. The highest BCUT2D eigenvalue weighted by atomic mass is 16.5. The predicted octanol–water partition coefficient (Wildman–Crippen LogP) is 0.694. The molecule has 0 fully saturated rings. The van der Waals surface area contributed by atoms with Gasteiger partial charge in [-0.3, -0.25) is 9.59 Å². The second kappa shape index (κ2) is 7.87. The first-order valence-electron chi connectivity index (χ1n) is 6.34. The number of hydrogen-bond donors (Lipinski definition) is 2. The van der Waals surface area contributed by atoms with Crippen LogP contribution in [-0.4, -0.2) is 38.9 Å². The zero-order valence-corrected chi connectivity index (χ0v) is 12.9. The summed E-state index contributed by atoms with van der Waals surface area (Å²) < 4.78 is 15.5. The van der Waals surface area contributed by atoms with Crippen molar-refractivity contribution in [2.45, 2.75) is 13.3 Å². The molecule has 0 bridgehead atoms. The number of methoxy groups -OCH3 is 3. The van der Waals surface area contributed by atoms with Gasteiger partial charge in [-0.2, -0.15) is 5.10 Å². The van der Waals surface area contributed by atoms with Crippen LogP contribution >= 0.6 is 0 Å². The van der Waals surface area contributed by atoms with Crippen LogP contribution in [0.4, 0.5) is 0 Å². The zero-order valence-electron chi connectivity index (χ0n) is 12.9. The maximum absolute atomic E-state index is 12.1. The van der Waals surface area contributed by atoms with Crippen LogP contribution in [0.5, 0.6) is 17.2 Å². The minimum absolute atomic E-state index is 0.0322. The first-order valence-corrected chi connectivity index (χ1v) is 6.34. The zero-order chi connectivity index (χ0) is 16.7. The molecular formula is C14H19N3O5. The lowest BCUT2D eigenvalue weighted by Gasteiger charge is -2.13. The van der Waals surface area contributed by atoms with E-state index in [1.165, 1.54) is 33.5 Å². The topological polar surface area (TPSA) is 112 Å². The summed E-state index contributed by atoms with van der Waals surface area (Å²) in [6.45, 7) is 1.58. The smallest absolute Gasteiger partial charge is 0.271 e. The standard InChI is InChI=1S/C14H19N3O5/c1-8(5-12(15)18)16-17-14(19)9-6-10(20-2)13(22-4)11(7-9)21-3/h6-7H,5H2,1-4H3,(H2,15,18)(H,17,19). The van der Waals surface area contributed by atoms with Gasteiger partial charge in [0.15, 0.2) is 11.5 Å². The lowest BCUT2D eigenvalue weighted by atomic mass is 10.1. The average Bonchev–Trinajstić information content (AvgIpc) is 2.50. The summed E-state index contributed by atoms with van der Waals surface area (Å²) in [7, 11) is 4.37. The van der Waals surface area contributed by atoms with Crippen LogP contribution in [0.25, 0.3) is 0 Å². The van der Waals surface area contributed by atoms with Gasteiger partial charge in [-0.15, -0.1) is 0 Å². The third-order valence-corrected chi connectivity index (χ3v) is 2.71. The Morgan fingerprint density at radius 1 is 1.14 bits per heavy atom. The summed E-state index contributed by atoms with van der Waals surface area (Å²) in [5.41, 5.74) is 8.04. The molecule has 0 unspecified atom stereocenters. The van der Waals surface area contributed by atoms with Gasteiger partial charge in [0, 0.05) is 11.3 Å². The molecule has 0 saturated heterocycles. The van der Waals surface area contributed by atoms with E-state index in [1.807, 2.05) is 0 Å². The number of nitrogens with one attached hydrogen (secondary N) is 1. The van der Waals surface area contributed by atoms with Crippen molar-refractivity contribution in [1.29, 1.82) is 0 Å². The lowest BCUT2D eigenvalue weighted by molar-refractivity contribution is -0.116. The van der Waals surface area contributed by atoms with Crippen molar-refractivity contribution in [3.05, 3.63) is 17.7 Å². The van der Waals surface area contributed by atoms with E-state index in [1.54, 1.807) is 6.92 Å². The van der Waals surface area contributed by atoms with Gasteiger partial charge in [0.05, 0.1) is 27.8 Å². The molecule has 0 saturated carbocycles. The van der Waals surface area contributed by atoms with Gasteiger partial charge in [-0.25, -0.2) is 5.43 Å². The Morgan fingerprint density at radius 2 is 1.68 bits per heavy atom. The number of ether oxygens (including phenoxy) is 3. The van der Waals surface area contributed by atoms with Gasteiger partial charge in [-0.05, 0) is 19.1 Å². The Labute approximate surface area is 128 Å². The summed E-state index contributed by atoms with van der Waals surface area (Å²) in [5, 5.41) is 3.80. The molecule has 0 heterocycles. The number of nitrogens with zero attached hydrogens (tertiary/aromatic N) is 1. The Hall–Kier alpha value is -2.77. The third kappa shape index (κ3) is 4.37. The summed E-state index contributed by atoms with van der Waals surface area (Å²) in [6.07, 6.45) is -0.0322. The Bertz CT molecular complexity index is 573. The number of nitrogens with two attached hydrogens (primary N) is 1. The van der Waals surface area contributed by atoms with E-state index >= 15 is 0 Å². The Kier molecular flexibility index (Phi) is 6.18. The summed E-state index contributed by atoms with van der Waals surface area (Å²) in [6, 6.07) is 2.99. The van der Waals surface area contributed by atoms with Gasteiger partial charge in [0.1, 0.15) is 0 Å². The molecule has 8 nitrogen and oxygen atoms in total. The van der Waals surface area contributed by atoms with Crippen LogP contribution in [0, 0.1) is 0 Å². The highest BCUT2D eigenvalue weighted by molar-refractivity contribution is 6.01. The number of rotatable bonds is 7. The van der Waals surface area contributed by atoms with E-state index in [0.717, 1.165) is 0 Å². The number of primary amides is 1. The SMILES string of the molecule is COc1cc(C(=O)NN=C(C)CC(N)=O)cc(OC)c1OC. The Balaban J connectivity index is 3.01. The van der Waals surface area contributed by atoms with Gasteiger partial charge in [0.2, 0.25) is 11.7 Å². The summed E-state index contributed by atoms with van der Waals surface area (Å²) >= 11 is 0. The number of amides is 2. The van der Waals surface area contributed by atoms with Crippen LogP contribution in [-0.2, 0) is 4.79 Å². The summed E-state index contributed by atoms with van der Waals surface area (Å²) in [5.74, 6) is 0.0796. The quantitative estimate of drug-likeness (QED) is 0.568. The fourth-order valence-corrected chi connectivity index (χ4v) is 1.71. The minimum atomic E-state index is -0.525. The highest BCUT2D eigenvalue weighted by Gasteiger charge is 2.16. The predicted molar refractivity (Wildman–Crippen MR) is 80.5 cm³/mol. The monoisotopic (exact) mass is 309 g/mol. The molecule has 1 rings (SSSR count). The second-order valence-electron chi connectivity index (χ2n) is 4.35. The molecule has 0 aliphatic heterocycles. The van der Waals surface area contributed by atoms with Gasteiger partial charge < -0.3 is 19.9 Å². The largest absolute Gasteiger partial charge is 0.493 e. The third-order valence-electron chi connectivity index (χ3n) is 2.71. The van der Waals surface area contributed by atoms with Crippen molar-refractivity contribution >= 4 is 17.5 Å². The van der Waals surface area contributed by atoms with Gasteiger partial charge in [0.25, 0.3) is 5.91 Å². The summed E-state index contributed by atoms with van der Waals surface area (Å²) in [4.78, 5) is 22.8. The Morgan fingerprint density at radius 3 is 2.09 bits per heavy atom. The molecule has 3 N–H and O–H groups in total. The maximum Gasteiger partial charge on any atom is 0.271 e. The lowest BCUT2D eigenvalue weighted by Crippen LogP contribution is -2.21. The normalized spacial score (nSPS) is 10.8. The van der Waals surface area contributed by atoms with Crippen LogP contribution < -0.4 is 25.4 Å². The fraction of sp³-hybridized carbons (Fsp3) is 0.357. The van der Waals surface area contributed by atoms with Crippen LogP contribution in [0.3, 0.4) is 0 Å². The molecule has 0 atom stereocenters. The molecule has 1 aromatic carbocycles. The molecule has 0 radical (unpaired) electrons. The van der Waals surface area contributed by atoms with E-state index in [4.69, 9.17) is 19.9 Å². The molecule has 2 amide bonds. The molecular weight excluding hydrogens is 290 g/mol. The molecule has 22 heavy (non-hydrogen) atoms. The van der Waals surface area contributed by atoms with Crippen molar-refractivity contribution in [2.24, 2.45) is 10.8 Å². The maximum atomic E-state index is 12.1. The highest BCUT2D eigenvalue weighted by Crippen LogP contribution is 2.38. The van der Waals surface area contributed by atoms with Gasteiger partial charge >= 0.3 is 0 Å². The van der Waals surface area contributed by atoms with Crippen molar-refractivity contribution in [3.63, 3.8) is 0 Å². The van der Waals surface area contributed by atoms with Crippen LogP contribution in [0.1, 0.15) is 23.7 Å². The first-order chi connectivity index (χ1) is 10.4. The number of hydrazone groups is 1. The molecule has 0 aliphatic rings. The van der Waals surface area contributed by atoms with Crippen molar-refractivity contribution in [2.75, 3.05) is 21.3 Å². The van der Waals surface area contributed by atoms with Crippen molar-refractivity contribution in [3.8, 4) is 17.2 Å². The van der Waals surface area contributed by atoms with E-state index in [-0.39, 0.29) is 12.0 Å². The molecule has 8 heteroatoms. The number of hydrogen-bond acceptors (Lipinski definition) is 6. The average molecular weight is 309 g/mol. The van der Waals surface area contributed by atoms with E-state index in [9.17, 15) is 9.59 Å². The van der Waals surface area contributed by atoms with Gasteiger partial charge in [-0.1, -0.05) is 0 Å². The first kappa shape index (κ1) is 17.3. The van der Waals surface area contributed by atoms with Crippen molar-refractivity contribution in [1.82, 2.24) is 5.43 Å². The van der Waals surface area contributed by atoms with E-state index < -0.39 is 11.8 Å². The van der Waals surface area contributed by atoms with E-state index in [2.05, 4.69) is 10.5 Å². The fourth-order valence-electron chi connectivity index (χ4n) is 1.71. The number of carbonyl (C=O) groups excluding carboxylic acids is 2. The number of benzene rings is 1. The molecule has 1 aromatic rings. The number of carbonyl (C=O) groups is 2. The molecule has 120 valence electrons. The van der Waals surface area contributed by atoms with Crippen LogP contribution in [0.2, 0.25) is 0 Å². The second-order valence-corrected chi connectivity index (χ2v) is 4.35. The molecule has 0 spiro atoms. The molecule has 0 aromatic heterocycles.